The van der Waals surface area contributed by atoms with Crippen LogP contribution in [0.4, 0.5) is 5.69 Å². The summed E-state index contributed by atoms with van der Waals surface area (Å²) in [6.45, 7) is 0. The van der Waals surface area contributed by atoms with Crippen LogP contribution in [0.15, 0.2) is 54.7 Å². The molecule has 7 nitrogen and oxygen atoms in total. The van der Waals surface area contributed by atoms with E-state index >= 15 is 0 Å². The summed E-state index contributed by atoms with van der Waals surface area (Å²) >= 11 is 0. The lowest BCUT2D eigenvalue weighted by Gasteiger charge is -2.10. The minimum Gasteiger partial charge on any atom is -0.497 e. The predicted molar refractivity (Wildman–Crippen MR) is 94.1 cm³/mol. The van der Waals surface area contributed by atoms with Gasteiger partial charge in [-0.05, 0) is 30.3 Å². The number of benzene rings is 2. The summed E-state index contributed by atoms with van der Waals surface area (Å²) in [5, 5.41) is 0.677. The van der Waals surface area contributed by atoms with Crippen LogP contribution in [0.25, 0.3) is 10.9 Å². The van der Waals surface area contributed by atoms with Crippen molar-refractivity contribution in [2.45, 2.75) is 0 Å². The summed E-state index contributed by atoms with van der Waals surface area (Å²) in [7, 11) is 1.54. The Labute approximate surface area is 143 Å². The molecule has 126 valence electrons. The number of methoxy groups -OCH3 is 1. The van der Waals surface area contributed by atoms with Gasteiger partial charge in [-0.3, -0.25) is 25.4 Å². The van der Waals surface area contributed by atoms with Gasteiger partial charge in [0.15, 0.2) is 0 Å². The number of anilines is 1. The van der Waals surface area contributed by atoms with E-state index in [1.54, 1.807) is 36.4 Å². The van der Waals surface area contributed by atoms with Crippen LogP contribution in [0.5, 0.6) is 5.75 Å². The topological polar surface area (TPSA) is 106 Å². The Bertz CT molecular complexity index is 939. The molecule has 3 aromatic rings. The lowest BCUT2D eigenvalue weighted by atomic mass is 10.1. The van der Waals surface area contributed by atoms with Crippen molar-refractivity contribution in [2.75, 3.05) is 12.8 Å². The van der Waals surface area contributed by atoms with E-state index in [0.29, 0.717) is 27.9 Å². The van der Waals surface area contributed by atoms with Crippen molar-refractivity contribution in [3.05, 3.63) is 65.9 Å². The number of aromatic nitrogens is 1. The van der Waals surface area contributed by atoms with Gasteiger partial charge >= 0.3 is 0 Å². The Morgan fingerprint density at radius 1 is 1.00 bits per heavy atom. The Balaban J connectivity index is 1.72. The fourth-order valence-electron chi connectivity index (χ4n) is 2.34. The number of nitrogens with one attached hydrogen (secondary N) is 2. The monoisotopic (exact) mass is 336 g/mol. The normalized spacial score (nSPS) is 10.3. The fraction of sp³-hybridized carbons (Fsp3) is 0.0556. The van der Waals surface area contributed by atoms with Crippen LogP contribution < -0.4 is 21.3 Å². The van der Waals surface area contributed by atoms with Gasteiger partial charge in [0.1, 0.15) is 5.75 Å². The summed E-state index contributed by atoms with van der Waals surface area (Å²) in [4.78, 5) is 28.5. The van der Waals surface area contributed by atoms with Crippen molar-refractivity contribution in [3.63, 3.8) is 0 Å². The van der Waals surface area contributed by atoms with Crippen LogP contribution in [-0.2, 0) is 0 Å². The molecule has 0 fully saturated rings. The van der Waals surface area contributed by atoms with Crippen molar-refractivity contribution in [3.8, 4) is 5.75 Å². The number of carbonyl (C=O) groups excluding carboxylic acids is 2. The van der Waals surface area contributed by atoms with Gasteiger partial charge in [0, 0.05) is 17.1 Å². The van der Waals surface area contributed by atoms with E-state index < -0.39 is 11.8 Å². The smallest absolute Gasteiger partial charge is 0.273 e. The van der Waals surface area contributed by atoms with Crippen LogP contribution >= 0.6 is 0 Å². The summed E-state index contributed by atoms with van der Waals surface area (Å²) in [6, 6.07) is 13.7. The Morgan fingerprint density at radius 3 is 2.40 bits per heavy atom. The van der Waals surface area contributed by atoms with Gasteiger partial charge < -0.3 is 10.5 Å². The second-order valence-corrected chi connectivity index (χ2v) is 5.24. The molecule has 7 heteroatoms. The molecule has 25 heavy (non-hydrogen) atoms. The number of fused-ring (bicyclic) bond motifs is 1. The molecule has 0 aliphatic rings. The van der Waals surface area contributed by atoms with E-state index in [0.717, 1.165) is 0 Å². The molecule has 1 heterocycles. The highest BCUT2D eigenvalue weighted by Crippen LogP contribution is 2.22. The second kappa shape index (κ2) is 6.88. The van der Waals surface area contributed by atoms with Crippen molar-refractivity contribution in [2.24, 2.45) is 0 Å². The lowest BCUT2D eigenvalue weighted by molar-refractivity contribution is 0.0847. The van der Waals surface area contributed by atoms with E-state index in [2.05, 4.69) is 15.8 Å². The molecule has 0 unspecified atom stereocenters. The first-order valence-corrected chi connectivity index (χ1v) is 7.48. The number of rotatable bonds is 3. The number of pyridine rings is 1. The van der Waals surface area contributed by atoms with E-state index in [-0.39, 0.29) is 5.56 Å². The van der Waals surface area contributed by atoms with E-state index in [1.165, 1.54) is 13.3 Å². The zero-order valence-corrected chi connectivity index (χ0v) is 13.4. The molecule has 0 saturated heterocycles. The van der Waals surface area contributed by atoms with Crippen molar-refractivity contribution < 1.29 is 14.3 Å². The fourth-order valence-corrected chi connectivity index (χ4v) is 2.34. The molecule has 0 aliphatic heterocycles. The van der Waals surface area contributed by atoms with Crippen molar-refractivity contribution in [1.82, 2.24) is 15.8 Å². The highest BCUT2D eigenvalue weighted by Gasteiger charge is 2.14. The standard InChI is InChI=1S/C18H16N4O3/c1-25-12-8-6-11(7-9-12)17(23)21-22-18(24)14-10-20-15-5-3-2-4-13(15)16(14)19/h2-10H,1H3,(H2,19,20)(H,21,23)(H,22,24). The molecular formula is C18H16N4O3. The quantitative estimate of drug-likeness (QED) is 0.633. The maximum Gasteiger partial charge on any atom is 0.273 e. The average molecular weight is 336 g/mol. The average Bonchev–Trinajstić information content (AvgIpc) is 2.66. The number of ether oxygens (including phenoxy) is 1. The first-order chi connectivity index (χ1) is 12.1. The van der Waals surface area contributed by atoms with Crippen LogP contribution in [-0.4, -0.2) is 23.9 Å². The number of carbonyl (C=O) groups is 2. The zero-order chi connectivity index (χ0) is 17.8. The number of nitrogens with two attached hydrogens (primary N) is 1. The number of amides is 2. The molecule has 0 aliphatic carbocycles. The molecule has 1 aromatic heterocycles. The van der Waals surface area contributed by atoms with Gasteiger partial charge in [0.2, 0.25) is 0 Å². The molecule has 2 amide bonds. The van der Waals surface area contributed by atoms with E-state index in [4.69, 9.17) is 10.5 Å². The molecule has 4 N–H and O–H groups in total. The third kappa shape index (κ3) is 3.35. The molecule has 3 rings (SSSR count). The third-order valence-corrected chi connectivity index (χ3v) is 3.70. The van der Waals surface area contributed by atoms with Crippen molar-refractivity contribution >= 4 is 28.4 Å². The van der Waals surface area contributed by atoms with Gasteiger partial charge in [-0.2, -0.15) is 0 Å². The van der Waals surface area contributed by atoms with Crippen LogP contribution in [0.1, 0.15) is 20.7 Å². The Morgan fingerprint density at radius 2 is 1.68 bits per heavy atom. The molecule has 0 saturated carbocycles. The second-order valence-electron chi connectivity index (χ2n) is 5.24. The highest BCUT2D eigenvalue weighted by molar-refractivity contribution is 6.07. The summed E-state index contributed by atoms with van der Waals surface area (Å²) in [5.74, 6) is -0.364. The van der Waals surface area contributed by atoms with E-state index in [9.17, 15) is 9.59 Å². The number of para-hydroxylation sites is 1. The molecular weight excluding hydrogens is 320 g/mol. The van der Waals surface area contributed by atoms with Gasteiger partial charge in [-0.25, -0.2) is 0 Å². The minimum absolute atomic E-state index is 0.189. The Kier molecular flexibility index (Phi) is 4.47. The number of nitrogens with zero attached hydrogens (tertiary/aromatic N) is 1. The highest BCUT2D eigenvalue weighted by atomic mass is 16.5. The van der Waals surface area contributed by atoms with Crippen LogP contribution in [0.2, 0.25) is 0 Å². The summed E-state index contributed by atoms with van der Waals surface area (Å²) in [5.41, 5.74) is 12.3. The van der Waals surface area contributed by atoms with E-state index in [1.807, 2.05) is 12.1 Å². The third-order valence-electron chi connectivity index (χ3n) is 3.70. The number of hydrogen-bond donors (Lipinski definition) is 3. The van der Waals surface area contributed by atoms with Gasteiger partial charge in [-0.1, -0.05) is 18.2 Å². The summed E-state index contributed by atoms with van der Waals surface area (Å²) in [6.07, 6.45) is 1.38. The Hall–Kier alpha value is -3.61. The number of nitrogen functional groups attached to an aromatic ring is 1. The summed E-state index contributed by atoms with van der Waals surface area (Å²) < 4.78 is 5.03. The first kappa shape index (κ1) is 16.3. The first-order valence-electron chi connectivity index (χ1n) is 7.48. The van der Waals surface area contributed by atoms with Crippen molar-refractivity contribution in [1.29, 1.82) is 0 Å². The molecule has 0 radical (unpaired) electrons. The van der Waals surface area contributed by atoms with Crippen LogP contribution in [0, 0.1) is 0 Å². The SMILES string of the molecule is COc1ccc(C(=O)NNC(=O)c2cnc3ccccc3c2N)cc1. The maximum atomic E-state index is 12.3. The predicted octanol–water partition coefficient (Wildman–Crippen LogP) is 1.90. The minimum atomic E-state index is -0.544. The molecule has 0 spiro atoms. The molecule has 0 atom stereocenters. The number of hydrazine groups is 1. The molecule has 0 bridgehead atoms. The van der Waals surface area contributed by atoms with Gasteiger partial charge in [0.25, 0.3) is 11.8 Å². The lowest BCUT2D eigenvalue weighted by Crippen LogP contribution is -2.41. The van der Waals surface area contributed by atoms with Gasteiger partial charge in [-0.15, -0.1) is 0 Å². The zero-order valence-electron chi connectivity index (χ0n) is 13.4. The van der Waals surface area contributed by atoms with Crippen LogP contribution in [0.3, 0.4) is 0 Å². The molecule has 2 aromatic carbocycles. The largest absolute Gasteiger partial charge is 0.497 e. The van der Waals surface area contributed by atoms with Gasteiger partial charge in [0.05, 0.1) is 23.9 Å². The maximum absolute atomic E-state index is 12.3. The number of hydrogen-bond acceptors (Lipinski definition) is 5.